The summed E-state index contributed by atoms with van der Waals surface area (Å²) in [4.78, 5) is 9.99. The summed E-state index contributed by atoms with van der Waals surface area (Å²) in [6.07, 6.45) is 2.60. The molecule has 0 bridgehead atoms. The molecule has 1 aromatic heterocycles. The summed E-state index contributed by atoms with van der Waals surface area (Å²) in [6, 6.07) is 0. The molecule has 0 radical (unpaired) electrons. The molecule has 0 saturated carbocycles. The van der Waals surface area contributed by atoms with E-state index in [1.165, 1.54) is 24.0 Å². The topological polar surface area (TPSA) is 102 Å². The number of piperazine rings is 1. The smallest absolute Gasteiger partial charge is 0.242 e. The fourth-order valence-corrected chi connectivity index (χ4v) is 2.84. The van der Waals surface area contributed by atoms with Crippen LogP contribution in [0.2, 0.25) is 0 Å². The van der Waals surface area contributed by atoms with Crippen LogP contribution < -0.4 is 15.4 Å². The normalized spacial score (nSPS) is 17.5. The second kappa shape index (κ2) is 5.17. The van der Waals surface area contributed by atoms with Crippen LogP contribution in [-0.2, 0) is 10.0 Å². The van der Waals surface area contributed by atoms with Crippen molar-refractivity contribution in [1.82, 2.24) is 14.3 Å². The Hall–Kier alpha value is -1.61. The van der Waals surface area contributed by atoms with Gasteiger partial charge in [0, 0.05) is 26.2 Å². The molecule has 106 valence electrons. The Bertz CT molecular complexity index is 554. The minimum atomic E-state index is -3.14. The Morgan fingerprint density at radius 1 is 1.26 bits per heavy atom. The standard InChI is InChI=1S/C10H17N5O3S/c1-18-10-8(11)9(12-7-13-10)14-3-5-15(6-4-14)19(2,16)17/h7H,3-6,11H2,1-2H3. The first kappa shape index (κ1) is 13.8. The fourth-order valence-electron chi connectivity index (χ4n) is 2.02. The van der Waals surface area contributed by atoms with E-state index in [1.807, 2.05) is 4.90 Å². The average molecular weight is 287 g/mol. The van der Waals surface area contributed by atoms with Gasteiger partial charge in [-0.05, 0) is 0 Å². The zero-order valence-corrected chi connectivity index (χ0v) is 11.7. The van der Waals surface area contributed by atoms with Gasteiger partial charge in [0.1, 0.15) is 12.0 Å². The summed E-state index contributed by atoms with van der Waals surface area (Å²) in [5.41, 5.74) is 6.29. The minimum absolute atomic E-state index is 0.329. The maximum absolute atomic E-state index is 11.4. The second-order valence-corrected chi connectivity index (χ2v) is 6.25. The minimum Gasteiger partial charge on any atom is -0.479 e. The third-order valence-electron chi connectivity index (χ3n) is 3.03. The summed E-state index contributed by atoms with van der Waals surface area (Å²) in [5.74, 6) is 0.913. The Kier molecular flexibility index (Phi) is 3.76. The number of hydrogen-bond donors (Lipinski definition) is 1. The van der Waals surface area contributed by atoms with Crippen molar-refractivity contribution >= 4 is 21.5 Å². The number of anilines is 2. The van der Waals surface area contributed by atoms with Gasteiger partial charge < -0.3 is 15.4 Å². The SMILES string of the molecule is COc1ncnc(N2CCN(S(C)(=O)=O)CC2)c1N. The van der Waals surface area contributed by atoms with Crippen molar-refractivity contribution in [3.63, 3.8) is 0 Å². The monoisotopic (exact) mass is 287 g/mol. The van der Waals surface area contributed by atoms with Crippen molar-refractivity contribution in [2.24, 2.45) is 0 Å². The Labute approximate surface area is 112 Å². The van der Waals surface area contributed by atoms with Gasteiger partial charge in [0.2, 0.25) is 15.9 Å². The van der Waals surface area contributed by atoms with E-state index < -0.39 is 10.0 Å². The van der Waals surface area contributed by atoms with E-state index in [0.717, 1.165) is 0 Å². The first-order valence-electron chi connectivity index (χ1n) is 5.78. The van der Waals surface area contributed by atoms with Crippen molar-refractivity contribution in [1.29, 1.82) is 0 Å². The number of sulfonamides is 1. The van der Waals surface area contributed by atoms with Gasteiger partial charge in [0.05, 0.1) is 13.4 Å². The number of rotatable bonds is 3. The summed E-state index contributed by atoms with van der Waals surface area (Å²) < 4.78 is 29.4. The van der Waals surface area contributed by atoms with Gasteiger partial charge in [0.15, 0.2) is 5.82 Å². The molecule has 19 heavy (non-hydrogen) atoms. The lowest BCUT2D eigenvalue weighted by Gasteiger charge is -2.34. The van der Waals surface area contributed by atoms with Crippen molar-refractivity contribution < 1.29 is 13.2 Å². The van der Waals surface area contributed by atoms with Crippen LogP contribution >= 0.6 is 0 Å². The predicted molar refractivity (Wildman–Crippen MR) is 71.6 cm³/mol. The highest BCUT2D eigenvalue weighted by Gasteiger charge is 2.25. The molecule has 0 aliphatic carbocycles. The lowest BCUT2D eigenvalue weighted by atomic mass is 10.3. The number of ether oxygens (including phenoxy) is 1. The molecule has 2 rings (SSSR count). The van der Waals surface area contributed by atoms with Gasteiger partial charge in [-0.3, -0.25) is 0 Å². The fraction of sp³-hybridized carbons (Fsp3) is 0.600. The van der Waals surface area contributed by atoms with Crippen molar-refractivity contribution in [3.05, 3.63) is 6.33 Å². The largest absolute Gasteiger partial charge is 0.479 e. The highest BCUT2D eigenvalue weighted by molar-refractivity contribution is 7.88. The first-order valence-corrected chi connectivity index (χ1v) is 7.63. The Balaban J connectivity index is 2.14. The van der Waals surface area contributed by atoms with Crippen molar-refractivity contribution in [2.75, 3.05) is 50.2 Å². The van der Waals surface area contributed by atoms with Gasteiger partial charge in [0.25, 0.3) is 0 Å². The third kappa shape index (κ3) is 2.87. The highest BCUT2D eigenvalue weighted by atomic mass is 32.2. The number of aromatic nitrogens is 2. The number of nitrogens with zero attached hydrogens (tertiary/aromatic N) is 4. The van der Waals surface area contributed by atoms with Crippen LogP contribution in [0.5, 0.6) is 5.88 Å². The van der Waals surface area contributed by atoms with Gasteiger partial charge >= 0.3 is 0 Å². The Morgan fingerprint density at radius 3 is 2.42 bits per heavy atom. The second-order valence-electron chi connectivity index (χ2n) is 4.27. The van der Waals surface area contributed by atoms with Crippen LogP contribution in [-0.4, -0.2) is 62.2 Å². The molecule has 2 heterocycles. The number of methoxy groups -OCH3 is 1. The quantitative estimate of drug-likeness (QED) is 0.772. The van der Waals surface area contributed by atoms with E-state index in [-0.39, 0.29) is 0 Å². The van der Waals surface area contributed by atoms with Gasteiger partial charge in [-0.1, -0.05) is 0 Å². The summed E-state index contributed by atoms with van der Waals surface area (Å²) in [5, 5.41) is 0. The van der Waals surface area contributed by atoms with E-state index >= 15 is 0 Å². The third-order valence-corrected chi connectivity index (χ3v) is 4.33. The van der Waals surface area contributed by atoms with Crippen molar-refractivity contribution in [2.45, 2.75) is 0 Å². The number of nitrogen functional groups attached to an aromatic ring is 1. The molecule has 0 spiro atoms. The lowest BCUT2D eigenvalue weighted by molar-refractivity contribution is 0.384. The molecule has 2 N–H and O–H groups in total. The van der Waals surface area contributed by atoms with Crippen molar-refractivity contribution in [3.8, 4) is 5.88 Å². The molecular weight excluding hydrogens is 270 g/mol. The van der Waals surface area contributed by atoms with E-state index in [4.69, 9.17) is 10.5 Å². The molecule has 0 amide bonds. The van der Waals surface area contributed by atoms with E-state index in [1.54, 1.807) is 0 Å². The van der Waals surface area contributed by atoms with Gasteiger partial charge in [-0.2, -0.15) is 9.29 Å². The molecule has 9 heteroatoms. The molecule has 8 nitrogen and oxygen atoms in total. The molecular formula is C10H17N5O3S. The molecule has 0 unspecified atom stereocenters. The van der Waals surface area contributed by atoms with E-state index in [2.05, 4.69) is 9.97 Å². The molecule has 1 aliphatic rings. The highest BCUT2D eigenvalue weighted by Crippen LogP contribution is 2.28. The number of hydrogen-bond acceptors (Lipinski definition) is 7. The molecule has 1 fully saturated rings. The van der Waals surface area contributed by atoms with Crippen LogP contribution in [0.3, 0.4) is 0 Å². The van der Waals surface area contributed by atoms with Crippen LogP contribution in [0.1, 0.15) is 0 Å². The average Bonchev–Trinajstić information content (AvgIpc) is 2.38. The van der Waals surface area contributed by atoms with Crippen LogP contribution in [0.4, 0.5) is 11.5 Å². The molecule has 0 atom stereocenters. The zero-order chi connectivity index (χ0) is 14.0. The molecule has 1 saturated heterocycles. The lowest BCUT2D eigenvalue weighted by Crippen LogP contribution is -2.48. The van der Waals surface area contributed by atoms with E-state index in [0.29, 0.717) is 43.6 Å². The summed E-state index contributed by atoms with van der Waals surface area (Å²) >= 11 is 0. The molecule has 1 aliphatic heterocycles. The zero-order valence-electron chi connectivity index (χ0n) is 10.9. The maximum atomic E-state index is 11.4. The van der Waals surface area contributed by atoms with Gasteiger partial charge in [-0.25, -0.2) is 13.4 Å². The Morgan fingerprint density at radius 2 is 1.89 bits per heavy atom. The van der Waals surface area contributed by atoms with Crippen LogP contribution in [0, 0.1) is 0 Å². The molecule has 0 aromatic carbocycles. The van der Waals surface area contributed by atoms with Crippen LogP contribution in [0.25, 0.3) is 0 Å². The van der Waals surface area contributed by atoms with Gasteiger partial charge in [-0.15, -0.1) is 0 Å². The maximum Gasteiger partial charge on any atom is 0.242 e. The van der Waals surface area contributed by atoms with Crippen LogP contribution in [0.15, 0.2) is 6.33 Å². The predicted octanol–water partition coefficient (Wildman–Crippen LogP) is -0.851. The molecule has 1 aromatic rings. The van der Waals surface area contributed by atoms with E-state index in [9.17, 15) is 8.42 Å². The summed E-state index contributed by atoms with van der Waals surface area (Å²) in [6.45, 7) is 1.92. The number of nitrogens with two attached hydrogens (primary N) is 1. The summed E-state index contributed by atoms with van der Waals surface area (Å²) in [7, 11) is -1.65. The first-order chi connectivity index (χ1) is 8.93.